The number of fused-ring (bicyclic) bond motifs is 3. The summed E-state index contributed by atoms with van der Waals surface area (Å²) in [6, 6.07) is 19.2. The second-order valence-electron chi connectivity index (χ2n) is 8.08. The normalized spacial score (nSPS) is 12.9. The number of aliphatic hydroxyl groups excluding tert-OH is 1. The number of carboxylic acid groups (broad SMARTS) is 1. The average molecular weight is 478 g/mol. The van der Waals surface area contributed by atoms with E-state index in [4.69, 9.17) is 9.84 Å². The van der Waals surface area contributed by atoms with Crippen molar-refractivity contribution < 1.29 is 33.7 Å². The highest BCUT2D eigenvalue weighted by molar-refractivity contribution is 6.00. The largest absolute Gasteiger partial charge is 0.478 e. The van der Waals surface area contributed by atoms with Crippen LogP contribution >= 0.6 is 0 Å². The number of aromatic carboxylic acids is 1. The molecule has 1 atom stereocenters. The molecule has 0 radical (unpaired) electrons. The van der Waals surface area contributed by atoms with E-state index >= 15 is 0 Å². The van der Waals surface area contributed by atoms with Crippen molar-refractivity contribution >= 4 is 23.7 Å². The van der Waals surface area contributed by atoms with E-state index in [1.807, 2.05) is 48.5 Å². The van der Waals surface area contributed by atoms with Crippen molar-refractivity contribution in [3.05, 3.63) is 89.2 Å². The summed E-state index contributed by atoms with van der Waals surface area (Å²) in [5.41, 5.74) is 3.42. The summed E-state index contributed by atoms with van der Waals surface area (Å²) in [5.74, 6) is -3.24. The molecule has 0 spiro atoms. The zero-order valence-electron chi connectivity index (χ0n) is 18.5. The van der Waals surface area contributed by atoms with Crippen LogP contribution in [0, 0.1) is 5.82 Å². The van der Waals surface area contributed by atoms with E-state index in [1.54, 1.807) is 0 Å². The molecule has 3 aromatic rings. The lowest BCUT2D eigenvalue weighted by Crippen LogP contribution is -2.35. The third-order valence-corrected chi connectivity index (χ3v) is 5.76. The van der Waals surface area contributed by atoms with Crippen LogP contribution in [0.3, 0.4) is 0 Å². The van der Waals surface area contributed by atoms with Crippen LogP contribution in [0.1, 0.15) is 33.8 Å². The zero-order chi connectivity index (χ0) is 24.9. The Morgan fingerprint density at radius 2 is 1.57 bits per heavy atom. The van der Waals surface area contributed by atoms with E-state index in [0.29, 0.717) is 0 Å². The molecule has 3 aromatic carbocycles. The number of nitrogens with one attached hydrogen (secondary N) is 2. The number of amides is 2. The first-order valence-corrected chi connectivity index (χ1v) is 10.9. The fourth-order valence-corrected chi connectivity index (χ4v) is 4.16. The van der Waals surface area contributed by atoms with Crippen molar-refractivity contribution in [2.45, 2.75) is 18.4 Å². The van der Waals surface area contributed by atoms with Gasteiger partial charge in [-0.15, -0.1) is 0 Å². The van der Waals surface area contributed by atoms with Crippen molar-refractivity contribution in [2.75, 3.05) is 18.5 Å². The molecule has 180 valence electrons. The molecule has 0 saturated carbocycles. The topological polar surface area (TPSA) is 125 Å². The van der Waals surface area contributed by atoms with Crippen molar-refractivity contribution in [3.63, 3.8) is 0 Å². The molecule has 0 fully saturated rings. The van der Waals surface area contributed by atoms with Gasteiger partial charge >= 0.3 is 12.1 Å². The molecule has 4 rings (SSSR count). The number of carbonyl (C=O) groups is 3. The zero-order valence-corrected chi connectivity index (χ0v) is 18.5. The van der Waals surface area contributed by atoms with Crippen molar-refractivity contribution in [1.29, 1.82) is 0 Å². The number of aliphatic hydroxyl groups is 1. The summed E-state index contributed by atoms with van der Waals surface area (Å²) >= 11 is 0. The first-order chi connectivity index (χ1) is 16.8. The van der Waals surface area contributed by atoms with Crippen LogP contribution in [0.25, 0.3) is 11.1 Å². The Kier molecular flexibility index (Phi) is 7.07. The quantitative estimate of drug-likeness (QED) is 0.391. The van der Waals surface area contributed by atoms with E-state index in [-0.39, 0.29) is 19.1 Å². The number of carbonyl (C=O) groups excluding carboxylic acids is 2. The number of halogens is 1. The van der Waals surface area contributed by atoms with Crippen molar-refractivity contribution in [2.24, 2.45) is 0 Å². The number of rotatable bonds is 8. The Morgan fingerprint density at radius 1 is 0.943 bits per heavy atom. The second-order valence-corrected chi connectivity index (χ2v) is 8.08. The minimum atomic E-state index is -1.41. The maximum atomic E-state index is 13.9. The lowest BCUT2D eigenvalue weighted by molar-refractivity contribution is -0.118. The number of ether oxygens (including phenoxy) is 1. The number of carboxylic acids is 1. The van der Waals surface area contributed by atoms with Crippen LogP contribution in [-0.2, 0) is 9.53 Å². The van der Waals surface area contributed by atoms with E-state index < -0.39 is 47.6 Å². The number of hydrogen-bond acceptors (Lipinski definition) is 5. The highest BCUT2D eigenvalue weighted by Crippen LogP contribution is 2.44. The summed E-state index contributed by atoms with van der Waals surface area (Å²) < 4.78 is 19.3. The monoisotopic (exact) mass is 478 g/mol. The minimum absolute atomic E-state index is 0.0989. The van der Waals surface area contributed by atoms with Gasteiger partial charge in [0.2, 0.25) is 5.91 Å². The molecule has 0 saturated heterocycles. The van der Waals surface area contributed by atoms with E-state index in [1.165, 1.54) is 6.07 Å². The molecule has 0 aromatic heterocycles. The Balaban J connectivity index is 1.28. The summed E-state index contributed by atoms with van der Waals surface area (Å²) in [7, 11) is 0. The maximum absolute atomic E-state index is 13.9. The van der Waals surface area contributed by atoms with E-state index in [9.17, 15) is 23.9 Å². The van der Waals surface area contributed by atoms with Gasteiger partial charge in [-0.05, 0) is 34.4 Å². The van der Waals surface area contributed by atoms with Gasteiger partial charge in [0, 0.05) is 12.5 Å². The smallest absolute Gasteiger partial charge is 0.407 e. The predicted octanol–water partition coefficient (Wildman–Crippen LogP) is 3.75. The van der Waals surface area contributed by atoms with Crippen LogP contribution in [-0.4, -0.2) is 47.4 Å². The van der Waals surface area contributed by atoms with Gasteiger partial charge in [0.1, 0.15) is 12.4 Å². The first-order valence-electron chi connectivity index (χ1n) is 10.9. The summed E-state index contributed by atoms with van der Waals surface area (Å²) in [6.45, 7) is -0.186. The molecule has 0 bridgehead atoms. The second kappa shape index (κ2) is 10.4. The van der Waals surface area contributed by atoms with Crippen LogP contribution in [0.15, 0.2) is 66.7 Å². The average Bonchev–Trinajstić information content (AvgIpc) is 3.16. The summed E-state index contributed by atoms with van der Waals surface area (Å²) in [5, 5.41) is 23.8. The van der Waals surface area contributed by atoms with Gasteiger partial charge in [-0.2, -0.15) is 0 Å². The molecule has 9 heteroatoms. The molecule has 8 nitrogen and oxygen atoms in total. The number of alkyl carbamates (subject to hydrolysis) is 1. The fraction of sp³-hybridized carbons (Fsp3) is 0.192. The Morgan fingerprint density at radius 3 is 2.20 bits per heavy atom. The first kappa shape index (κ1) is 23.9. The Hall–Kier alpha value is -4.24. The predicted molar refractivity (Wildman–Crippen MR) is 126 cm³/mol. The van der Waals surface area contributed by atoms with Gasteiger partial charge in [0.25, 0.3) is 0 Å². The highest BCUT2D eigenvalue weighted by Gasteiger charge is 2.29. The lowest BCUT2D eigenvalue weighted by Gasteiger charge is -2.16. The van der Waals surface area contributed by atoms with Gasteiger partial charge < -0.3 is 25.6 Å². The molecule has 35 heavy (non-hydrogen) atoms. The minimum Gasteiger partial charge on any atom is -0.478 e. The number of hydrogen-bond donors (Lipinski definition) is 4. The van der Waals surface area contributed by atoms with Gasteiger partial charge in [-0.1, -0.05) is 54.6 Å². The Bertz CT molecular complexity index is 1230. The molecule has 1 unspecified atom stereocenters. The van der Waals surface area contributed by atoms with Gasteiger partial charge in [0.15, 0.2) is 0 Å². The molecular weight excluding hydrogens is 455 g/mol. The number of anilines is 1. The van der Waals surface area contributed by atoms with Crippen LogP contribution in [0.4, 0.5) is 14.9 Å². The molecule has 4 N–H and O–H groups in total. The SMILES string of the molecule is O=C(CC(O)CNC(=O)OCC1c2ccccc2-c2ccccc21)Nc1c(F)cccc1C(=O)O. The van der Waals surface area contributed by atoms with Crippen LogP contribution in [0.2, 0.25) is 0 Å². The molecule has 1 aliphatic carbocycles. The molecular formula is C26H23FN2O6. The lowest BCUT2D eigenvalue weighted by atomic mass is 9.98. The van der Waals surface area contributed by atoms with Crippen molar-refractivity contribution in [1.82, 2.24) is 5.32 Å². The van der Waals surface area contributed by atoms with Gasteiger partial charge in [-0.25, -0.2) is 14.0 Å². The van der Waals surface area contributed by atoms with Crippen LogP contribution < -0.4 is 10.6 Å². The van der Waals surface area contributed by atoms with Crippen molar-refractivity contribution in [3.8, 4) is 11.1 Å². The summed E-state index contributed by atoms with van der Waals surface area (Å²) in [6.07, 6.45) is -2.54. The maximum Gasteiger partial charge on any atom is 0.407 e. The standard InChI is InChI=1S/C26H23FN2O6/c27-22-11-5-10-20(25(32)33)24(22)29-23(31)12-15(30)13-28-26(34)35-14-21-18-8-3-1-6-16(18)17-7-2-4-9-19(17)21/h1-11,15,21,30H,12-14H2,(H,28,34)(H,29,31)(H,32,33). The number of para-hydroxylation sites is 1. The number of benzene rings is 3. The van der Waals surface area contributed by atoms with E-state index in [2.05, 4.69) is 10.6 Å². The highest BCUT2D eigenvalue weighted by atomic mass is 19.1. The fourth-order valence-electron chi connectivity index (χ4n) is 4.16. The Labute approximate surface area is 200 Å². The van der Waals surface area contributed by atoms with Gasteiger partial charge in [0.05, 0.1) is 23.8 Å². The molecule has 2 amide bonds. The third-order valence-electron chi connectivity index (χ3n) is 5.76. The molecule has 0 heterocycles. The van der Waals surface area contributed by atoms with Crippen LogP contribution in [0.5, 0.6) is 0 Å². The van der Waals surface area contributed by atoms with Gasteiger partial charge in [-0.3, -0.25) is 4.79 Å². The van der Waals surface area contributed by atoms with E-state index in [0.717, 1.165) is 34.4 Å². The molecule has 1 aliphatic rings. The summed E-state index contributed by atoms with van der Waals surface area (Å²) in [4.78, 5) is 35.6. The molecule has 0 aliphatic heterocycles. The third kappa shape index (κ3) is 5.30.